The summed E-state index contributed by atoms with van der Waals surface area (Å²) in [6, 6.07) is 15.7. The minimum absolute atomic E-state index is 0.0207. The quantitative estimate of drug-likeness (QED) is 0.301. The molecule has 1 fully saturated rings. The van der Waals surface area contributed by atoms with E-state index in [2.05, 4.69) is 6.92 Å². The van der Waals surface area contributed by atoms with E-state index in [0.29, 0.717) is 49.8 Å². The molecule has 2 aliphatic rings. The molecule has 1 saturated heterocycles. The first-order valence-corrected chi connectivity index (χ1v) is 15.0. The molecule has 234 valence electrons. The van der Waals surface area contributed by atoms with Gasteiger partial charge < -0.3 is 34.5 Å². The Kier molecular flexibility index (Phi) is 9.86. The third-order valence-corrected chi connectivity index (χ3v) is 8.54. The number of carboxylic acids is 1. The third kappa shape index (κ3) is 6.58. The Labute approximate surface area is 256 Å². The van der Waals surface area contributed by atoms with Crippen molar-refractivity contribution in [2.75, 3.05) is 38.4 Å². The van der Waals surface area contributed by atoms with Crippen molar-refractivity contribution >= 4 is 17.6 Å². The van der Waals surface area contributed by atoms with E-state index in [-0.39, 0.29) is 24.8 Å². The number of aliphatic carboxylic acids is 1. The van der Waals surface area contributed by atoms with Crippen molar-refractivity contribution in [3.63, 3.8) is 0 Å². The van der Waals surface area contributed by atoms with Crippen LogP contribution in [0.15, 0.2) is 65.6 Å². The SMILES string of the molecule is CCCCN(C(=O)CN1C[C@H](c2cc(OC)c3c(c2)OCO3)[C@@H](C(=O)O)[C@@H]1CCn1ccccc1=O)c1cccc(CN)c1. The fourth-order valence-electron chi connectivity index (χ4n) is 6.30. The van der Waals surface area contributed by atoms with Crippen LogP contribution >= 0.6 is 0 Å². The smallest absolute Gasteiger partial charge is 0.308 e. The second-order valence-electron chi connectivity index (χ2n) is 11.2. The Morgan fingerprint density at radius 2 is 1.98 bits per heavy atom. The summed E-state index contributed by atoms with van der Waals surface area (Å²) in [4.78, 5) is 43.2. The summed E-state index contributed by atoms with van der Waals surface area (Å²) in [7, 11) is 1.53. The number of aromatic nitrogens is 1. The molecule has 5 rings (SSSR count). The molecule has 2 aromatic carbocycles. The van der Waals surface area contributed by atoms with Gasteiger partial charge >= 0.3 is 5.97 Å². The van der Waals surface area contributed by atoms with Crippen LogP contribution in [0.5, 0.6) is 17.2 Å². The first-order chi connectivity index (χ1) is 21.3. The summed E-state index contributed by atoms with van der Waals surface area (Å²) < 4.78 is 18.3. The lowest BCUT2D eigenvalue weighted by molar-refractivity contribution is -0.143. The van der Waals surface area contributed by atoms with Crippen molar-refractivity contribution in [2.45, 2.75) is 51.2 Å². The molecular weight excluding hydrogens is 564 g/mol. The number of hydrogen-bond acceptors (Lipinski definition) is 8. The van der Waals surface area contributed by atoms with Crippen molar-refractivity contribution in [3.8, 4) is 17.2 Å². The fraction of sp³-hybridized carbons (Fsp3) is 0.424. The highest BCUT2D eigenvalue weighted by atomic mass is 16.7. The molecule has 0 radical (unpaired) electrons. The number of pyridine rings is 1. The van der Waals surface area contributed by atoms with E-state index in [9.17, 15) is 19.5 Å². The zero-order valence-corrected chi connectivity index (χ0v) is 25.2. The normalized spacial score (nSPS) is 19.2. The van der Waals surface area contributed by atoms with Crippen LogP contribution < -0.4 is 30.4 Å². The maximum Gasteiger partial charge on any atom is 0.308 e. The van der Waals surface area contributed by atoms with Gasteiger partial charge in [-0.2, -0.15) is 0 Å². The Hall–Kier alpha value is -4.35. The summed E-state index contributed by atoms with van der Waals surface area (Å²) in [6.07, 6.45) is 3.79. The van der Waals surface area contributed by atoms with Crippen molar-refractivity contribution in [3.05, 3.63) is 82.3 Å². The van der Waals surface area contributed by atoms with E-state index in [1.807, 2.05) is 29.2 Å². The maximum atomic E-state index is 14.0. The van der Waals surface area contributed by atoms with Gasteiger partial charge in [-0.15, -0.1) is 0 Å². The van der Waals surface area contributed by atoms with E-state index in [1.165, 1.54) is 13.2 Å². The van der Waals surface area contributed by atoms with Crippen molar-refractivity contribution in [2.24, 2.45) is 11.7 Å². The Bertz CT molecular complexity index is 1540. The molecule has 0 spiro atoms. The summed E-state index contributed by atoms with van der Waals surface area (Å²) in [6.45, 7) is 3.67. The monoisotopic (exact) mass is 604 g/mol. The number of ether oxygens (including phenoxy) is 3. The molecule has 0 bridgehead atoms. The predicted molar refractivity (Wildman–Crippen MR) is 165 cm³/mol. The lowest BCUT2D eigenvalue weighted by atomic mass is 9.84. The van der Waals surface area contributed by atoms with Gasteiger partial charge in [0, 0.05) is 56.1 Å². The summed E-state index contributed by atoms with van der Waals surface area (Å²) in [5.74, 6) is -0.960. The minimum atomic E-state index is -0.967. The van der Waals surface area contributed by atoms with Crippen LogP contribution in [0.2, 0.25) is 0 Å². The van der Waals surface area contributed by atoms with E-state index >= 15 is 0 Å². The van der Waals surface area contributed by atoms with Crippen molar-refractivity contribution in [1.29, 1.82) is 0 Å². The molecule has 0 saturated carbocycles. The van der Waals surface area contributed by atoms with Crippen LogP contribution in [0.4, 0.5) is 5.69 Å². The van der Waals surface area contributed by atoms with E-state index in [1.54, 1.807) is 39.9 Å². The van der Waals surface area contributed by atoms with Gasteiger partial charge in [0.15, 0.2) is 11.5 Å². The fourth-order valence-corrected chi connectivity index (χ4v) is 6.30. The molecule has 44 heavy (non-hydrogen) atoms. The molecule has 2 aliphatic heterocycles. The highest BCUT2D eigenvalue weighted by Crippen LogP contribution is 2.47. The molecule has 1 amide bonds. The lowest BCUT2D eigenvalue weighted by Gasteiger charge is -2.30. The highest BCUT2D eigenvalue weighted by molar-refractivity contribution is 5.95. The number of unbranched alkanes of at least 4 members (excludes halogenated alkanes) is 1. The number of nitrogens with two attached hydrogens (primary N) is 1. The van der Waals surface area contributed by atoms with Gasteiger partial charge in [0.25, 0.3) is 0 Å². The van der Waals surface area contributed by atoms with Crippen LogP contribution in [0.3, 0.4) is 0 Å². The number of fused-ring (bicyclic) bond motifs is 1. The molecular formula is C33H40N4O7. The first kappa shape index (κ1) is 31.1. The first-order valence-electron chi connectivity index (χ1n) is 15.0. The van der Waals surface area contributed by atoms with Crippen molar-refractivity contribution in [1.82, 2.24) is 9.47 Å². The third-order valence-electron chi connectivity index (χ3n) is 8.54. The summed E-state index contributed by atoms with van der Waals surface area (Å²) in [5, 5.41) is 10.6. The maximum absolute atomic E-state index is 14.0. The predicted octanol–water partition coefficient (Wildman–Crippen LogP) is 3.44. The number of nitrogens with zero attached hydrogens (tertiary/aromatic N) is 3. The number of carboxylic acid groups (broad SMARTS) is 1. The molecule has 0 aliphatic carbocycles. The van der Waals surface area contributed by atoms with Gasteiger partial charge in [-0.05, 0) is 54.3 Å². The summed E-state index contributed by atoms with van der Waals surface area (Å²) in [5.41, 5.74) is 8.15. The van der Waals surface area contributed by atoms with E-state index in [4.69, 9.17) is 19.9 Å². The van der Waals surface area contributed by atoms with Gasteiger partial charge in [-0.1, -0.05) is 31.5 Å². The largest absolute Gasteiger partial charge is 0.493 e. The van der Waals surface area contributed by atoms with E-state index in [0.717, 1.165) is 29.7 Å². The zero-order chi connectivity index (χ0) is 31.2. The molecule has 11 nitrogen and oxygen atoms in total. The van der Waals surface area contributed by atoms with E-state index < -0.39 is 23.8 Å². The second kappa shape index (κ2) is 14.0. The van der Waals surface area contributed by atoms with Gasteiger partial charge in [0.2, 0.25) is 24.0 Å². The standard InChI is InChI=1S/C33H40N4O7/c1-3-4-13-37(24-9-7-8-22(15-24)18-34)30(39)20-36-19-25(23-16-27(42-2)32-28(17-23)43-21-44-32)31(33(40)41)26(36)11-14-35-12-6-5-10-29(35)38/h5-10,12,15-17,25-26,31H,3-4,11,13-14,18-21,34H2,1-2H3,(H,40,41)/t25-,26+,31-/m1/s1. The topological polar surface area (TPSA) is 137 Å². The number of benzene rings is 2. The zero-order valence-electron chi connectivity index (χ0n) is 25.2. The van der Waals surface area contributed by atoms with Crippen LogP contribution in [-0.2, 0) is 22.7 Å². The van der Waals surface area contributed by atoms with Crippen LogP contribution in [-0.4, -0.2) is 66.0 Å². The number of carbonyl (C=O) groups excluding carboxylic acids is 1. The number of anilines is 1. The summed E-state index contributed by atoms with van der Waals surface area (Å²) >= 11 is 0. The number of likely N-dealkylation sites (tertiary alicyclic amines) is 1. The molecule has 11 heteroatoms. The number of methoxy groups -OCH3 is 1. The average Bonchev–Trinajstić information content (AvgIpc) is 3.65. The highest BCUT2D eigenvalue weighted by Gasteiger charge is 2.47. The van der Waals surface area contributed by atoms with Crippen LogP contribution in [0, 0.1) is 5.92 Å². The molecule has 3 atom stereocenters. The van der Waals surface area contributed by atoms with Gasteiger partial charge in [-0.25, -0.2) is 0 Å². The Morgan fingerprint density at radius 3 is 2.70 bits per heavy atom. The number of hydrogen-bond donors (Lipinski definition) is 2. The number of amides is 1. The Morgan fingerprint density at radius 1 is 1.14 bits per heavy atom. The molecule has 3 heterocycles. The molecule has 1 aromatic heterocycles. The average molecular weight is 605 g/mol. The van der Waals surface area contributed by atoms with Gasteiger partial charge in [-0.3, -0.25) is 19.3 Å². The molecule has 0 unspecified atom stereocenters. The lowest BCUT2D eigenvalue weighted by Crippen LogP contribution is -2.45. The van der Waals surface area contributed by atoms with Crippen LogP contribution in [0.1, 0.15) is 43.2 Å². The number of aryl methyl sites for hydroxylation is 1. The van der Waals surface area contributed by atoms with Crippen LogP contribution in [0.25, 0.3) is 0 Å². The van der Waals surface area contributed by atoms with Gasteiger partial charge in [0.05, 0.1) is 19.6 Å². The number of rotatable bonds is 13. The Balaban J connectivity index is 1.49. The second-order valence-corrected chi connectivity index (χ2v) is 11.2. The van der Waals surface area contributed by atoms with Gasteiger partial charge in [0.1, 0.15) is 0 Å². The number of carbonyl (C=O) groups is 2. The molecule has 3 N–H and O–H groups in total. The van der Waals surface area contributed by atoms with Crippen molar-refractivity contribution < 1.29 is 28.9 Å². The minimum Gasteiger partial charge on any atom is -0.493 e. The molecule has 3 aromatic rings.